The van der Waals surface area contributed by atoms with E-state index in [9.17, 15) is 4.79 Å². The average molecular weight is 158 g/mol. The summed E-state index contributed by atoms with van der Waals surface area (Å²) >= 11 is 0. The monoisotopic (exact) mass is 158 g/mol. The minimum Gasteiger partial charge on any atom is -0.298 e. The molecule has 12 heavy (non-hydrogen) atoms. The van der Waals surface area contributed by atoms with Crippen LogP contribution in [0.2, 0.25) is 0 Å². The lowest BCUT2D eigenvalue weighted by Gasteiger charge is -2.29. The summed E-state index contributed by atoms with van der Waals surface area (Å²) in [4.78, 5) is 11.6. The molecular formula is C11H10O. The third-order valence-electron chi connectivity index (χ3n) is 3.51. The van der Waals surface area contributed by atoms with E-state index in [-0.39, 0.29) is 17.8 Å². The molecule has 0 aromatic heterocycles. The molecule has 4 atom stereocenters. The van der Waals surface area contributed by atoms with Crippen molar-refractivity contribution in [2.24, 2.45) is 23.7 Å². The average Bonchev–Trinajstić information content (AvgIpc) is 2.38. The number of carbonyl (C=O) groups excluding carboxylic acids is 1. The molecule has 0 spiro atoms. The largest absolute Gasteiger partial charge is 0.298 e. The summed E-state index contributed by atoms with van der Waals surface area (Å²) in [5, 5.41) is 0. The maximum Gasteiger partial charge on any atom is 0.148 e. The van der Waals surface area contributed by atoms with Gasteiger partial charge in [-0.25, -0.2) is 0 Å². The lowest BCUT2D eigenvalue weighted by atomic mass is 9.73. The molecule has 0 radical (unpaired) electrons. The van der Waals surface area contributed by atoms with Crippen LogP contribution < -0.4 is 0 Å². The fourth-order valence-corrected chi connectivity index (χ4v) is 2.96. The fraction of sp³-hybridized carbons (Fsp3) is 0.364. The third-order valence-corrected chi connectivity index (χ3v) is 3.51. The molecule has 4 aliphatic carbocycles. The molecule has 2 saturated carbocycles. The van der Waals surface area contributed by atoms with Crippen molar-refractivity contribution >= 4 is 5.78 Å². The first-order valence-corrected chi connectivity index (χ1v) is 4.31. The van der Waals surface area contributed by atoms with E-state index < -0.39 is 0 Å². The highest BCUT2D eigenvalue weighted by molar-refractivity contribution is 5.96. The summed E-state index contributed by atoms with van der Waals surface area (Å²) in [5.74, 6) is 1.15. The van der Waals surface area contributed by atoms with E-state index in [1.54, 1.807) is 0 Å². The van der Waals surface area contributed by atoms with E-state index in [4.69, 9.17) is 0 Å². The van der Waals surface area contributed by atoms with Gasteiger partial charge in [0.15, 0.2) is 0 Å². The molecule has 4 bridgehead atoms. The second-order valence-electron chi connectivity index (χ2n) is 3.94. The van der Waals surface area contributed by atoms with Crippen molar-refractivity contribution in [2.45, 2.75) is 0 Å². The Bertz CT molecular complexity index is 316. The molecule has 0 N–H and O–H groups in total. The van der Waals surface area contributed by atoms with Crippen molar-refractivity contribution < 1.29 is 4.79 Å². The molecule has 0 aromatic rings. The summed E-state index contributed by atoms with van der Waals surface area (Å²) in [7, 11) is 0. The second-order valence-corrected chi connectivity index (χ2v) is 3.94. The first-order chi connectivity index (χ1) is 5.72. The number of rotatable bonds is 0. The van der Waals surface area contributed by atoms with E-state index >= 15 is 0 Å². The first kappa shape index (κ1) is 6.41. The zero-order valence-electron chi connectivity index (χ0n) is 6.79. The van der Waals surface area contributed by atoms with Gasteiger partial charge >= 0.3 is 0 Å². The minimum absolute atomic E-state index is 0.0949. The lowest BCUT2D eigenvalue weighted by Crippen LogP contribution is -2.31. The van der Waals surface area contributed by atoms with Gasteiger partial charge < -0.3 is 0 Å². The maximum atomic E-state index is 11.6. The quantitative estimate of drug-likeness (QED) is 0.491. The number of allylic oxidation sites excluding steroid dienone is 4. The SMILES string of the molecule is C=C1[C@H]2C(=O)[C@@H]3C=C[C@H]2C(=C)[C@H]13. The zero-order chi connectivity index (χ0) is 8.46. The topological polar surface area (TPSA) is 17.1 Å². The highest BCUT2D eigenvalue weighted by Gasteiger charge is 2.57. The van der Waals surface area contributed by atoms with Crippen molar-refractivity contribution in [2.75, 3.05) is 0 Å². The first-order valence-electron chi connectivity index (χ1n) is 4.31. The Kier molecular flexibility index (Phi) is 0.871. The Balaban J connectivity index is 2.29. The summed E-state index contributed by atoms with van der Waals surface area (Å²) in [6.07, 6.45) is 4.18. The van der Waals surface area contributed by atoms with Gasteiger partial charge in [0.1, 0.15) is 5.78 Å². The summed E-state index contributed by atoms with van der Waals surface area (Å²) < 4.78 is 0. The van der Waals surface area contributed by atoms with E-state index in [0.717, 1.165) is 5.57 Å². The van der Waals surface area contributed by atoms with Crippen LogP contribution in [0, 0.1) is 23.7 Å². The number of carbonyl (C=O) groups is 1. The number of hydrogen-bond donors (Lipinski definition) is 0. The van der Waals surface area contributed by atoms with Crippen LogP contribution in [0.5, 0.6) is 0 Å². The summed E-state index contributed by atoms with van der Waals surface area (Å²) in [6, 6.07) is 0. The molecule has 1 nitrogen and oxygen atoms in total. The Hall–Kier alpha value is -1.11. The van der Waals surface area contributed by atoms with Gasteiger partial charge in [0.25, 0.3) is 0 Å². The van der Waals surface area contributed by atoms with Gasteiger partial charge in [-0.15, -0.1) is 0 Å². The van der Waals surface area contributed by atoms with Gasteiger partial charge in [0, 0.05) is 23.7 Å². The van der Waals surface area contributed by atoms with Crippen molar-refractivity contribution in [3.8, 4) is 0 Å². The van der Waals surface area contributed by atoms with E-state index in [2.05, 4.69) is 19.2 Å². The van der Waals surface area contributed by atoms with Crippen LogP contribution in [0.1, 0.15) is 0 Å². The van der Waals surface area contributed by atoms with Crippen LogP contribution in [0.15, 0.2) is 36.5 Å². The molecular weight excluding hydrogens is 148 g/mol. The maximum absolute atomic E-state index is 11.6. The smallest absolute Gasteiger partial charge is 0.148 e. The molecule has 2 fully saturated rings. The standard InChI is InChI=1S/C11H10O/c1-5-7-3-4-8-9(5)6(2)10(7)11(8)12/h3-4,7-10H,1-2H2/t7-,8+,9+,10+/m0/s1. The van der Waals surface area contributed by atoms with E-state index in [0.29, 0.717) is 11.7 Å². The molecule has 0 aliphatic heterocycles. The summed E-state index contributed by atoms with van der Waals surface area (Å²) in [6.45, 7) is 8.04. The van der Waals surface area contributed by atoms with Crippen molar-refractivity contribution in [1.29, 1.82) is 0 Å². The molecule has 0 unspecified atom stereocenters. The predicted molar refractivity (Wildman–Crippen MR) is 46.4 cm³/mol. The molecule has 60 valence electrons. The molecule has 0 amide bonds. The van der Waals surface area contributed by atoms with Crippen LogP contribution in [-0.4, -0.2) is 5.78 Å². The molecule has 0 heterocycles. The second kappa shape index (κ2) is 1.63. The number of Topliss-reactive ketones (excluding diaryl/α,β-unsaturated/α-hetero) is 1. The highest BCUT2D eigenvalue weighted by Crippen LogP contribution is 2.59. The number of hydrogen-bond acceptors (Lipinski definition) is 1. The predicted octanol–water partition coefficient (Wildman–Crippen LogP) is 1.73. The van der Waals surface area contributed by atoms with Gasteiger partial charge in [-0.05, 0) is 0 Å². The van der Waals surface area contributed by atoms with Gasteiger partial charge in [-0.3, -0.25) is 4.79 Å². The van der Waals surface area contributed by atoms with Crippen molar-refractivity contribution in [3.63, 3.8) is 0 Å². The van der Waals surface area contributed by atoms with E-state index in [1.807, 2.05) is 6.08 Å². The van der Waals surface area contributed by atoms with Crippen molar-refractivity contribution in [3.05, 3.63) is 36.5 Å². The van der Waals surface area contributed by atoms with Crippen LogP contribution >= 0.6 is 0 Å². The Labute approximate surface area is 71.5 Å². The van der Waals surface area contributed by atoms with Crippen molar-refractivity contribution in [1.82, 2.24) is 0 Å². The van der Waals surface area contributed by atoms with Crippen LogP contribution in [0.25, 0.3) is 0 Å². The van der Waals surface area contributed by atoms with Gasteiger partial charge in [-0.1, -0.05) is 36.5 Å². The van der Waals surface area contributed by atoms with Gasteiger partial charge in [0.2, 0.25) is 0 Å². The van der Waals surface area contributed by atoms with Crippen LogP contribution in [0.3, 0.4) is 0 Å². The Morgan fingerprint density at radius 3 is 2.17 bits per heavy atom. The highest BCUT2D eigenvalue weighted by atomic mass is 16.1. The zero-order valence-corrected chi connectivity index (χ0v) is 6.79. The Morgan fingerprint density at radius 1 is 1.00 bits per heavy atom. The normalized spacial score (nSPS) is 48.2. The van der Waals surface area contributed by atoms with Crippen LogP contribution in [-0.2, 0) is 4.79 Å². The summed E-state index contributed by atoms with van der Waals surface area (Å²) in [5.41, 5.74) is 2.34. The molecule has 1 heteroatoms. The third kappa shape index (κ3) is 0.430. The van der Waals surface area contributed by atoms with Gasteiger partial charge in [0.05, 0.1) is 0 Å². The fourth-order valence-electron chi connectivity index (χ4n) is 2.96. The molecule has 0 saturated heterocycles. The van der Waals surface area contributed by atoms with Crippen LogP contribution in [0.4, 0.5) is 0 Å². The van der Waals surface area contributed by atoms with Gasteiger partial charge in [-0.2, -0.15) is 0 Å². The number of ketones is 1. The Morgan fingerprint density at radius 2 is 1.67 bits per heavy atom. The molecule has 4 rings (SSSR count). The molecule has 4 aliphatic rings. The lowest BCUT2D eigenvalue weighted by molar-refractivity contribution is -0.124. The van der Waals surface area contributed by atoms with E-state index in [1.165, 1.54) is 5.57 Å². The molecule has 0 aromatic carbocycles. The minimum atomic E-state index is 0.0949.